The molecule has 2 saturated carbocycles. The third-order valence-electron chi connectivity index (χ3n) is 12.7. The van der Waals surface area contributed by atoms with Gasteiger partial charge in [-0.3, -0.25) is 9.97 Å². The summed E-state index contributed by atoms with van der Waals surface area (Å²) in [5.74, 6) is -2.75. The monoisotopic (exact) mass is 854 g/mol. The largest absolute Gasteiger partial charge is 0.462 e. The van der Waals surface area contributed by atoms with Gasteiger partial charge in [-0.25, -0.2) is 36.3 Å². The number of benzene rings is 2. The quantitative estimate of drug-likeness (QED) is 0.129. The summed E-state index contributed by atoms with van der Waals surface area (Å²) in [5.41, 5.74) is 12.4. The number of rotatable bonds is 8. The van der Waals surface area contributed by atoms with Crippen molar-refractivity contribution in [2.24, 2.45) is 33.3 Å². The summed E-state index contributed by atoms with van der Waals surface area (Å²) >= 11 is 0. The molecule has 0 amide bonds. The van der Waals surface area contributed by atoms with E-state index >= 15 is 0 Å². The molecule has 320 valence electrons. The normalized spacial score (nSPS) is 28.6. The second-order valence-electron chi connectivity index (χ2n) is 16.5. The van der Waals surface area contributed by atoms with Gasteiger partial charge < -0.3 is 31.6 Å². The molecule has 0 unspecified atom stereocenters. The molecule has 2 aromatic heterocycles. The number of hydrogen-bond acceptors (Lipinski definition) is 12. The number of nitrogens with one attached hydrogen (secondary N) is 2. The van der Waals surface area contributed by atoms with Crippen molar-refractivity contribution in [3.05, 3.63) is 117 Å². The summed E-state index contributed by atoms with van der Waals surface area (Å²) < 4.78 is 97.4. The Morgan fingerprint density at radius 3 is 1.47 bits per heavy atom. The molecule has 10 rings (SSSR count). The number of hydrogen-bond donors (Lipinski definition) is 4. The zero-order valence-corrected chi connectivity index (χ0v) is 33.0. The van der Waals surface area contributed by atoms with Crippen LogP contribution < -0.4 is 22.1 Å². The fraction of sp³-hybridized carbons (Fsp3) is 0.409. The van der Waals surface area contributed by atoms with Crippen molar-refractivity contribution in [2.75, 3.05) is 10.6 Å². The number of nitrogens with two attached hydrogens (primary N) is 2. The van der Waals surface area contributed by atoms with Gasteiger partial charge in [-0.2, -0.15) is 10.5 Å². The number of alkyl halides is 4. The molecule has 6 aliphatic rings. The van der Waals surface area contributed by atoms with Gasteiger partial charge in [0.05, 0.1) is 34.6 Å². The molecular formula is C44H40F6N10O2. The van der Waals surface area contributed by atoms with E-state index in [1.807, 2.05) is 12.1 Å². The lowest BCUT2D eigenvalue weighted by Crippen LogP contribution is -2.43. The minimum atomic E-state index is -2.93. The fourth-order valence-corrected chi connectivity index (χ4v) is 9.59. The van der Waals surface area contributed by atoms with Gasteiger partial charge in [0.2, 0.25) is 0 Å². The Bertz CT molecular complexity index is 2400. The predicted octanol–water partition coefficient (Wildman–Crippen LogP) is 7.55. The van der Waals surface area contributed by atoms with Crippen molar-refractivity contribution in [1.29, 1.82) is 10.5 Å². The number of nitrogens with zero attached hydrogens (tertiary/aromatic N) is 6. The smallest absolute Gasteiger partial charge is 0.283 e. The van der Waals surface area contributed by atoms with E-state index in [1.165, 1.54) is 48.8 Å². The molecule has 6 N–H and O–H groups in total. The number of fused-ring (bicyclic) bond motifs is 4. The van der Waals surface area contributed by atoms with Crippen LogP contribution in [0.3, 0.4) is 0 Å². The van der Waals surface area contributed by atoms with E-state index in [0.717, 1.165) is 61.0 Å². The third kappa shape index (κ3) is 7.14. The maximum absolute atomic E-state index is 14.8. The van der Waals surface area contributed by atoms with Gasteiger partial charge in [-0.1, -0.05) is 0 Å². The maximum Gasteiger partial charge on any atom is 0.283 e. The summed E-state index contributed by atoms with van der Waals surface area (Å²) in [5, 5.41) is 24.8. The minimum absolute atomic E-state index is 0.172. The molecule has 0 saturated heterocycles. The van der Waals surface area contributed by atoms with Crippen LogP contribution in [-0.4, -0.2) is 47.1 Å². The highest BCUT2D eigenvalue weighted by atomic mass is 19.3. The van der Waals surface area contributed by atoms with Gasteiger partial charge in [0, 0.05) is 46.7 Å². The van der Waals surface area contributed by atoms with Gasteiger partial charge in [-0.15, -0.1) is 0 Å². The molecule has 0 spiro atoms. The summed E-state index contributed by atoms with van der Waals surface area (Å²) in [6.07, 6.45) is 1.92. The summed E-state index contributed by atoms with van der Waals surface area (Å²) in [6.45, 7) is 0. The highest BCUT2D eigenvalue weighted by molar-refractivity contribution is 5.75. The van der Waals surface area contributed by atoms with Crippen molar-refractivity contribution in [3.8, 4) is 12.1 Å². The standard InChI is InChI=1S/2C22H20F3N5O/c2*23-16-5-4-13(29-17-3-1-2-12-6-11(9-26)10-28-19(12)17)7-14(16)22(20(24)25)15-8-18(15)31-21(27)30-22/h2*4-7,10,15,17-18,20,29H,1-3,8H2,(H2,27,30)/t15-,17+,18+,22+;15-,17-,18+,22+/m00/s1. The Hall–Kier alpha value is -6.56. The van der Waals surface area contributed by atoms with Crippen LogP contribution in [0.2, 0.25) is 0 Å². The summed E-state index contributed by atoms with van der Waals surface area (Å²) in [7, 11) is 0. The second-order valence-corrected chi connectivity index (χ2v) is 16.5. The predicted molar refractivity (Wildman–Crippen MR) is 214 cm³/mol. The van der Waals surface area contributed by atoms with E-state index < -0.39 is 59.6 Å². The molecule has 0 radical (unpaired) electrons. The van der Waals surface area contributed by atoms with Crippen LogP contribution in [-0.2, 0) is 33.4 Å². The average molecular weight is 855 g/mol. The van der Waals surface area contributed by atoms with Crippen LogP contribution in [0.15, 0.2) is 70.9 Å². The zero-order valence-electron chi connectivity index (χ0n) is 33.0. The van der Waals surface area contributed by atoms with E-state index in [1.54, 1.807) is 0 Å². The summed E-state index contributed by atoms with van der Waals surface area (Å²) in [4.78, 5) is 16.7. The Balaban J connectivity index is 0.000000158. The number of pyridine rings is 2. The van der Waals surface area contributed by atoms with Crippen LogP contribution in [0.1, 0.15) is 95.4 Å². The first-order chi connectivity index (χ1) is 29.8. The number of ether oxygens (including phenoxy) is 2. The molecular weight excluding hydrogens is 815 g/mol. The third-order valence-corrected chi connectivity index (χ3v) is 12.7. The highest BCUT2D eigenvalue weighted by Gasteiger charge is 2.65. The molecule has 4 aromatic rings. The lowest BCUT2D eigenvalue weighted by atomic mass is 9.84. The van der Waals surface area contributed by atoms with Gasteiger partial charge >= 0.3 is 0 Å². The molecule has 4 aliphatic carbocycles. The van der Waals surface area contributed by atoms with Crippen LogP contribution in [0.4, 0.5) is 37.7 Å². The van der Waals surface area contributed by atoms with Crippen molar-refractivity contribution >= 4 is 23.4 Å². The van der Waals surface area contributed by atoms with E-state index in [-0.39, 0.29) is 35.3 Å². The van der Waals surface area contributed by atoms with E-state index in [2.05, 4.69) is 42.7 Å². The van der Waals surface area contributed by atoms with Crippen molar-refractivity contribution in [3.63, 3.8) is 0 Å². The van der Waals surface area contributed by atoms with E-state index in [0.29, 0.717) is 35.3 Å². The topological polar surface area (TPSA) is 193 Å². The Morgan fingerprint density at radius 2 is 1.08 bits per heavy atom. The molecule has 2 aromatic carbocycles. The molecule has 12 nitrogen and oxygen atoms in total. The number of aliphatic imine (C=N–C) groups is 2. The van der Waals surface area contributed by atoms with Gasteiger partial charge in [0.25, 0.3) is 24.9 Å². The molecule has 0 bridgehead atoms. The van der Waals surface area contributed by atoms with Gasteiger partial charge in [0.15, 0.2) is 11.1 Å². The highest BCUT2D eigenvalue weighted by Crippen LogP contribution is 2.58. The van der Waals surface area contributed by atoms with E-state index in [4.69, 9.17) is 31.5 Å². The summed E-state index contributed by atoms with van der Waals surface area (Å²) in [6, 6.07) is 15.0. The Morgan fingerprint density at radius 1 is 0.661 bits per heavy atom. The van der Waals surface area contributed by atoms with Crippen LogP contribution in [0.5, 0.6) is 0 Å². The maximum atomic E-state index is 14.8. The number of aromatic nitrogens is 2. The lowest BCUT2D eigenvalue weighted by Gasteiger charge is -2.33. The Kier molecular flexibility index (Phi) is 10.4. The average Bonchev–Trinajstić information content (AvgIpc) is 4.21. The first kappa shape index (κ1) is 40.8. The molecule has 2 aliphatic heterocycles. The molecule has 8 atom stereocenters. The van der Waals surface area contributed by atoms with Crippen LogP contribution in [0, 0.1) is 46.1 Å². The number of amidine groups is 2. The molecule has 2 fully saturated rings. The number of anilines is 2. The van der Waals surface area contributed by atoms with Crippen LogP contribution >= 0.6 is 0 Å². The van der Waals surface area contributed by atoms with Gasteiger partial charge in [-0.05, 0) is 111 Å². The van der Waals surface area contributed by atoms with Crippen molar-refractivity contribution in [2.45, 2.75) is 99.6 Å². The molecule has 18 heteroatoms. The number of halogens is 6. The zero-order chi connectivity index (χ0) is 43.5. The van der Waals surface area contributed by atoms with Crippen molar-refractivity contribution in [1.82, 2.24) is 9.97 Å². The molecule has 4 heterocycles. The first-order valence-electron chi connectivity index (χ1n) is 20.4. The number of nitriles is 2. The van der Waals surface area contributed by atoms with E-state index in [9.17, 15) is 26.3 Å². The second kappa shape index (κ2) is 15.7. The SMILES string of the molecule is N#Cc1cnc2c(c1)CCC[C@@H]2Nc1ccc(F)c([C@@]2(C(F)F)N=C(N)O[C@@H]3C[C@@H]32)c1.N#Cc1cnc2c(c1)CCC[C@H]2Nc1ccc(F)c([C@@]2(C(F)F)N=C(N)O[C@@H]3C[C@@H]32)c1. The van der Waals surface area contributed by atoms with Crippen LogP contribution in [0.25, 0.3) is 0 Å². The number of aryl methyl sites for hydroxylation is 2. The van der Waals surface area contributed by atoms with Crippen molar-refractivity contribution < 1.29 is 35.8 Å². The first-order valence-corrected chi connectivity index (χ1v) is 20.4. The lowest BCUT2D eigenvalue weighted by molar-refractivity contribution is 0.0176. The molecule has 62 heavy (non-hydrogen) atoms. The Labute approximate surface area is 352 Å². The minimum Gasteiger partial charge on any atom is -0.462 e. The van der Waals surface area contributed by atoms with Gasteiger partial charge in [0.1, 0.15) is 36.0 Å². The fourth-order valence-electron chi connectivity index (χ4n) is 9.59.